The summed E-state index contributed by atoms with van der Waals surface area (Å²) in [7, 11) is 1.50. The molecule has 1 fully saturated rings. The first kappa shape index (κ1) is 26.1. The Kier molecular flexibility index (Phi) is 7.47. The average molecular weight is 513 g/mol. The van der Waals surface area contributed by atoms with Gasteiger partial charge in [0, 0.05) is 25.1 Å². The van der Waals surface area contributed by atoms with Crippen molar-refractivity contribution < 1.29 is 27.8 Å². The molecule has 2 aromatic carbocycles. The van der Waals surface area contributed by atoms with Crippen molar-refractivity contribution in [2.45, 2.75) is 45.1 Å². The predicted molar refractivity (Wildman–Crippen MR) is 134 cm³/mol. The van der Waals surface area contributed by atoms with Gasteiger partial charge in [0.15, 0.2) is 5.82 Å². The van der Waals surface area contributed by atoms with Crippen molar-refractivity contribution in [1.29, 1.82) is 0 Å². The number of nitrogens with one attached hydrogen (secondary N) is 1. The van der Waals surface area contributed by atoms with Gasteiger partial charge >= 0.3 is 6.09 Å². The maximum absolute atomic E-state index is 14.8. The van der Waals surface area contributed by atoms with Gasteiger partial charge in [0.2, 0.25) is 0 Å². The minimum Gasteiger partial charge on any atom is -0.495 e. The number of rotatable bonds is 5. The first-order valence-electron chi connectivity index (χ1n) is 12.0. The number of ether oxygens (including phenoxy) is 2. The molecule has 0 unspecified atom stereocenters. The lowest BCUT2D eigenvalue weighted by Crippen LogP contribution is -2.41. The zero-order chi connectivity index (χ0) is 26.7. The van der Waals surface area contributed by atoms with E-state index >= 15 is 0 Å². The normalized spacial score (nSPS) is 14.4. The average Bonchev–Trinajstić information content (AvgIpc) is 3.28. The van der Waals surface area contributed by atoms with E-state index in [0.717, 1.165) is 12.1 Å². The van der Waals surface area contributed by atoms with Crippen LogP contribution in [0.2, 0.25) is 0 Å². The van der Waals surface area contributed by atoms with Crippen molar-refractivity contribution in [2.24, 2.45) is 0 Å². The summed E-state index contributed by atoms with van der Waals surface area (Å²) < 4.78 is 40.5. The van der Waals surface area contributed by atoms with Crippen LogP contribution in [0.25, 0.3) is 5.69 Å². The summed E-state index contributed by atoms with van der Waals surface area (Å²) in [6, 6.07) is 10.2. The summed E-state index contributed by atoms with van der Waals surface area (Å²) in [5.41, 5.74) is 0.631. The van der Waals surface area contributed by atoms with Gasteiger partial charge in [0.25, 0.3) is 5.91 Å². The molecule has 1 aliphatic rings. The molecular weight excluding hydrogens is 482 g/mol. The van der Waals surface area contributed by atoms with E-state index in [2.05, 4.69) is 10.4 Å². The quantitative estimate of drug-likeness (QED) is 0.486. The largest absolute Gasteiger partial charge is 0.495 e. The summed E-state index contributed by atoms with van der Waals surface area (Å²) in [6.45, 7) is 6.20. The Balaban J connectivity index is 1.66. The molecule has 1 aliphatic heterocycles. The van der Waals surface area contributed by atoms with Crippen LogP contribution in [0.15, 0.2) is 48.7 Å². The van der Waals surface area contributed by atoms with Crippen molar-refractivity contribution in [3.63, 3.8) is 0 Å². The predicted octanol–water partition coefficient (Wildman–Crippen LogP) is 5.53. The number of carbonyl (C=O) groups is 2. The van der Waals surface area contributed by atoms with Gasteiger partial charge in [-0.3, -0.25) is 4.79 Å². The van der Waals surface area contributed by atoms with Gasteiger partial charge in [-0.25, -0.2) is 18.3 Å². The topological polar surface area (TPSA) is 85.7 Å². The fourth-order valence-electron chi connectivity index (χ4n) is 4.37. The van der Waals surface area contributed by atoms with Gasteiger partial charge in [0.05, 0.1) is 30.3 Å². The Labute approximate surface area is 214 Å². The lowest BCUT2D eigenvalue weighted by molar-refractivity contribution is 0.0203. The Hall–Kier alpha value is -3.95. The number of methoxy groups -OCH3 is 1. The molecule has 1 saturated heterocycles. The SMILES string of the molecule is COc1ccccc1NC(=O)c1cnn(-c2ccc(F)cc2F)c1C1CCN(C(=O)OC(C)(C)C)CC1. The second-order valence-corrected chi connectivity index (χ2v) is 9.85. The van der Waals surface area contributed by atoms with Crippen LogP contribution in [-0.2, 0) is 4.74 Å². The van der Waals surface area contributed by atoms with E-state index in [1.54, 1.807) is 49.9 Å². The van der Waals surface area contributed by atoms with E-state index in [1.165, 1.54) is 24.1 Å². The van der Waals surface area contributed by atoms with Crippen molar-refractivity contribution >= 4 is 17.7 Å². The fourth-order valence-corrected chi connectivity index (χ4v) is 4.37. The van der Waals surface area contributed by atoms with Crippen molar-refractivity contribution in [2.75, 3.05) is 25.5 Å². The summed E-state index contributed by atoms with van der Waals surface area (Å²) in [6.07, 6.45) is 1.98. The summed E-state index contributed by atoms with van der Waals surface area (Å²) in [4.78, 5) is 27.6. The summed E-state index contributed by atoms with van der Waals surface area (Å²) >= 11 is 0. The van der Waals surface area contributed by atoms with E-state index in [9.17, 15) is 18.4 Å². The maximum Gasteiger partial charge on any atom is 0.410 e. The van der Waals surface area contributed by atoms with E-state index in [1.807, 2.05) is 0 Å². The molecule has 10 heteroatoms. The third-order valence-electron chi connectivity index (χ3n) is 6.08. The number of carbonyl (C=O) groups excluding carboxylic acids is 2. The fraction of sp³-hybridized carbons (Fsp3) is 0.370. The molecule has 3 aromatic rings. The molecule has 1 N–H and O–H groups in total. The van der Waals surface area contributed by atoms with Crippen LogP contribution in [0, 0.1) is 11.6 Å². The van der Waals surface area contributed by atoms with Gasteiger partial charge in [0.1, 0.15) is 22.9 Å². The number of hydrogen-bond donors (Lipinski definition) is 1. The van der Waals surface area contributed by atoms with Crippen LogP contribution in [0.3, 0.4) is 0 Å². The molecule has 0 aliphatic carbocycles. The zero-order valence-electron chi connectivity index (χ0n) is 21.3. The van der Waals surface area contributed by atoms with Gasteiger partial charge < -0.3 is 19.7 Å². The number of benzene rings is 2. The Morgan fingerprint density at radius 2 is 1.78 bits per heavy atom. The highest BCUT2D eigenvalue weighted by molar-refractivity contribution is 6.06. The first-order valence-corrected chi connectivity index (χ1v) is 12.0. The molecule has 0 spiro atoms. The van der Waals surface area contributed by atoms with E-state index < -0.39 is 29.2 Å². The van der Waals surface area contributed by atoms with E-state index in [0.29, 0.717) is 43.1 Å². The second-order valence-electron chi connectivity index (χ2n) is 9.85. The molecule has 2 heterocycles. The molecule has 0 radical (unpaired) electrons. The number of para-hydroxylation sites is 2. The minimum absolute atomic E-state index is 0.0299. The molecule has 196 valence electrons. The molecule has 0 bridgehead atoms. The number of halogens is 2. The van der Waals surface area contributed by atoms with Crippen LogP contribution in [-0.4, -0.2) is 52.5 Å². The standard InChI is InChI=1S/C27H30F2N4O4/c1-27(2,3)37-26(35)32-13-11-17(12-14-32)24-19(25(34)31-21-7-5-6-8-23(21)36-4)16-30-33(24)22-10-9-18(28)15-20(22)29/h5-10,15-17H,11-14H2,1-4H3,(H,31,34). The number of hydrogen-bond acceptors (Lipinski definition) is 5. The van der Waals surface area contributed by atoms with Crippen LogP contribution in [0.5, 0.6) is 5.75 Å². The lowest BCUT2D eigenvalue weighted by atomic mass is 9.90. The number of amides is 2. The van der Waals surface area contributed by atoms with Crippen molar-refractivity contribution in [3.05, 3.63) is 71.6 Å². The molecule has 4 rings (SSSR count). The Bertz CT molecular complexity index is 1290. The molecule has 8 nitrogen and oxygen atoms in total. The maximum atomic E-state index is 14.8. The Morgan fingerprint density at radius 1 is 1.08 bits per heavy atom. The molecular formula is C27H30F2N4O4. The van der Waals surface area contributed by atoms with Crippen LogP contribution in [0.4, 0.5) is 19.3 Å². The molecule has 0 atom stereocenters. The van der Waals surface area contributed by atoms with Crippen LogP contribution >= 0.6 is 0 Å². The van der Waals surface area contributed by atoms with Crippen molar-refractivity contribution in [1.82, 2.24) is 14.7 Å². The minimum atomic E-state index is -0.799. The summed E-state index contributed by atoms with van der Waals surface area (Å²) in [5, 5.41) is 7.16. The van der Waals surface area contributed by atoms with Crippen LogP contribution < -0.4 is 10.1 Å². The molecule has 1 aromatic heterocycles. The monoisotopic (exact) mass is 512 g/mol. The third-order valence-corrected chi connectivity index (χ3v) is 6.08. The number of anilines is 1. The molecule has 0 saturated carbocycles. The second kappa shape index (κ2) is 10.6. The number of aromatic nitrogens is 2. The summed E-state index contributed by atoms with van der Waals surface area (Å²) in [5.74, 6) is -1.69. The first-order chi connectivity index (χ1) is 17.6. The molecule has 37 heavy (non-hydrogen) atoms. The smallest absolute Gasteiger partial charge is 0.410 e. The van der Waals surface area contributed by atoms with Gasteiger partial charge in [-0.2, -0.15) is 5.10 Å². The van der Waals surface area contributed by atoms with Gasteiger partial charge in [-0.05, 0) is 57.9 Å². The van der Waals surface area contributed by atoms with Gasteiger partial charge in [-0.15, -0.1) is 0 Å². The number of piperidine rings is 1. The number of nitrogens with zero attached hydrogens (tertiary/aromatic N) is 3. The zero-order valence-corrected chi connectivity index (χ0v) is 21.3. The Morgan fingerprint density at radius 3 is 2.43 bits per heavy atom. The van der Waals surface area contributed by atoms with Crippen molar-refractivity contribution in [3.8, 4) is 11.4 Å². The van der Waals surface area contributed by atoms with E-state index in [-0.39, 0.29) is 17.2 Å². The third kappa shape index (κ3) is 5.90. The van der Waals surface area contributed by atoms with Gasteiger partial charge in [-0.1, -0.05) is 12.1 Å². The highest BCUT2D eigenvalue weighted by Gasteiger charge is 2.32. The highest BCUT2D eigenvalue weighted by Crippen LogP contribution is 2.34. The lowest BCUT2D eigenvalue weighted by Gasteiger charge is -2.34. The highest BCUT2D eigenvalue weighted by atomic mass is 19.1. The number of likely N-dealkylation sites (tertiary alicyclic amines) is 1. The molecule has 2 amide bonds. The van der Waals surface area contributed by atoms with E-state index in [4.69, 9.17) is 9.47 Å². The van der Waals surface area contributed by atoms with Crippen LogP contribution in [0.1, 0.15) is 55.6 Å².